The summed E-state index contributed by atoms with van der Waals surface area (Å²) in [6, 6.07) is 6.90. The molecule has 0 saturated heterocycles. The molecule has 1 N–H and O–H groups in total. The van der Waals surface area contributed by atoms with Gasteiger partial charge in [0.05, 0.1) is 16.1 Å². The number of nitrogens with zero attached hydrogens (tertiary/aromatic N) is 2. The van der Waals surface area contributed by atoms with Crippen molar-refractivity contribution in [1.29, 1.82) is 0 Å². The fourth-order valence-electron chi connectivity index (χ4n) is 3.29. The van der Waals surface area contributed by atoms with Gasteiger partial charge in [0.1, 0.15) is 5.76 Å². The van der Waals surface area contributed by atoms with Crippen molar-refractivity contribution in [1.82, 2.24) is 4.98 Å². The summed E-state index contributed by atoms with van der Waals surface area (Å²) in [4.78, 5) is 34.0. The molecule has 0 atom stereocenters. The molecular weight excluding hydrogens is 336 g/mol. The summed E-state index contributed by atoms with van der Waals surface area (Å²) in [5.41, 5.74) is 1.82. The molecule has 4 rings (SSSR count). The molecule has 0 bridgehead atoms. The SMILES string of the molecule is CC1(C)CC(=O)c2sc(/N=C/C3=C(O)c4ccccc4C3=O)nc2C1. The number of aliphatic imine (C=N–C) groups is 1. The first-order valence-corrected chi connectivity index (χ1v) is 8.82. The summed E-state index contributed by atoms with van der Waals surface area (Å²) < 4.78 is 0. The molecule has 0 aliphatic heterocycles. The van der Waals surface area contributed by atoms with Crippen molar-refractivity contribution in [3.63, 3.8) is 0 Å². The summed E-state index contributed by atoms with van der Waals surface area (Å²) in [6.07, 6.45) is 2.58. The lowest BCUT2D eigenvalue weighted by molar-refractivity contribution is 0.0915. The molecule has 6 heteroatoms. The maximum Gasteiger partial charge on any atom is 0.210 e. The van der Waals surface area contributed by atoms with E-state index in [1.807, 2.05) is 13.8 Å². The second kappa shape index (κ2) is 5.46. The molecule has 5 nitrogen and oxygen atoms in total. The molecule has 1 aromatic carbocycles. The third-order valence-electron chi connectivity index (χ3n) is 4.46. The van der Waals surface area contributed by atoms with Crippen LogP contribution in [0.15, 0.2) is 34.8 Å². The van der Waals surface area contributed by atoms with Crippen LogP contribution in [0.1, 0.15) is 51.6 Å². The summed E-state index contributed by atoms with van der Waals surface area (Å²) in [5.74, 6) is -0.227. The molecule has 25 heavy (non-hydrogen) atoms. The van der Waals surface area contributed by atoms with E-state index in [1.165, 1.54) is 17.6 Å². The van der Waals surface area contributed by atoms with Crippen molar-refractivity contribution in [2.75, 3.05) is 0 Å². The molecular formula is C19H16N2O3S. The maximum atomic E-state index is 12.4. The molecule has 1 aromatic heterocycles. The number of hydrogen-bond donors (Lipinski definition) is 1. The Kier molecular flexibility index (Phi) is 3.47. The van der Waals surface area contributed by atoms with Gasteiger partial charge in [-0.1, -0.05) is 49.4 Å². The van der Waals surface area contributed by atoms with E-state index in [2.05, 4.69) is 9.98 Å². The fraction of sp³-hybridized carbons (Fsp3) is 0.263. The van der Waals surface area contributed by atoms with E-state index in [1.54, 1.807) is 24.3 Å². The van der Waals surface area contributed by atoms with Crippen molar-refractivity contribution in [3.05, 3.63) is 51.5 Å². The summed E-state index contributed by atoms with van der Waals surface area (Å²) >= 11 is 1.24. The van der Waals surface area contributed by atoms with Gasteiger partial charge in [0.15, 0.2) is 11.6 Å². The van der Waals surface area contributed by atoms with Gasteiger partial charge >= 0.3 is 0 Å². The third kappa shape index (κ3) is 2.62. The molecule has 1 heterocycles. The van der Waals surface area contributed by atoms with Gasteiger partial charge < -0.3 is 5.11 Å². The zero-order valence-corrected chi connectivity index (χ0v) is 14.7. The highest BCUT2D eigenvalue weighted by atomic mass is 32.1. The van der Waals surface area contributed by atoms with Crippen molar-refractivity contribution >= 4 is 40.0 Å². The van der Waals surface area contributed by atoms with Gasteiger partial charge in [0.25, 0.3) is 0 Å². The number of carbonyl (C=O) groups excluding carboxylic acids is 2. The monoisotopic (exact) mass is 352 g/mol. The van der Waals surface area contributed by atoms with Gasteiger partial charge in [-0.25, -0.2) is 9.98 Å². The number of ketones is 2. The smallest absolute Gasteiger partial charge is 0.210 e. The minimum Gasteiger partial charge on any atom is -0.506 e. The summed E-state index contributed by atoms with van der Waals surface area (Å²) in [6.45, 7) is 4.10. The molecule has 2 aromatic rings. The normalized spacial score (nSPS) is 18.8. The Morgan fingerprint density at radius 2 is 1.92 bits per heavy atom. The van der Waals surface area contributed by atoms with Crippen molar-refractivity contribution in [3.8, 4) is 0 Å². The number of fused-ring (bicyclic) bond motifs is 2. The standard InChI is InChI=1S/C19H16N2O3S/c1-19(2)7-13-17(14(22)8-19)25-18(21-13)20-9-12-15(23)10-5-3-4-6-11(10)16(12)24/h3-6,9,23H,7-8H2,1-2H3/b20-9+. The number of hydrogen-bond acceptors (Lipinski definition) is 6. The van der Waals surface area contributed by atoms with Crippen LogP contribution in [0.5, 0.6) is 0 Å². The van der Waals surface area contributed by atoms with Gasteiger partial charge in [-0.15, -0.1) is 0 Å². The number of benzene rings is 1. The highest BCUT2D eigenvalue weighted by Gasteiger charge is 2.34. The number of aliphatic hydroxyl groups excluding tert-OH is 1. The van der Waals surface area contributed by atoms with Gasteiger partial charge in [-0.3, -0.25) is 9.59 Å². The lowest BCUT2D eigenvalue weighted by Crippen LogP contribution is -2.25. The number of rotatable bonds is 2. The number of aromatic nitrogens is 1. The van der Waals surface area contributed by atoms with Gasteiger partial charge in [-0.2, -0.15) is 0 Å². The molecule has 0 radical (unpaired) electrons. The van der Waals surface area contributed by atoms with Crippen LogP contribution in [0.2, 0.25) is 0 Å². The first-order chi connectivity index (χ1) is 11.9. The predicted molar refractivity (Wildman–Crippen MR) is 97.0 cm³/mol. The highest BCUT2D eigenvalue weighted by molar-refractivity contribution is 7.17. The number of thiazole rings is 1. The van der Waals surface area contributed by atoms with Crippen LogP contribution in [0, 0.1) is 5.41 Å². The molecule has 0 amide bonds. The van der Waals surface area contributed by atoms with Crippen LogP contribution in [-0.2, 0) is 6.42 Å². The molecule has 0 fully saturated rings. The van der Waals surface area contributed by atoms with E-state index in [0.717, 1.165) is 12.1 Å². The zero-order valence-electron chi connectivity index (χ0n) is 13.9. The van der Waals surface area contributed by atoms with E-state index < -0.39 is 0 Å². The summed E-state index contributed by atoms with van der Waals surface area (Å²) in [5, 5.41) is 10.7. The maximum absolute atomic E-state index is 12.4. The number of allylic oxidation sites excluding steroid dienone is 1. The van der Waals surface area contributed by atoms with Gasteiger partial charge in [-0.05, 0) is 11.8 Å². The highest BCUT2D eigenvalue weighted by Crippen LogP contribution is 2.39. The zero-order chi connectivity index (χ0) is 17.8. The van der Waals surface area contributed by atoms with E-state index in [0.29, 0.717) is 27.6 Å². The van der Waals surface area contributed by atoms with Crippen molar-refractivity contribution in [2.24, 2.45) is 10.4 Å². The molecule has 0 saturated carbocycles. The Hall–Kier alpha value is -2.60. The Morgan fingerprint density at radius 1 is 1.20 bits per heavy atom. The number of aliphatic hydroxyl groups is 1. The average Bonchev–Trinajstić information content (AvgIpc) is 3.05. The third-order valence-corrected chi connectivity index (χ3v) is 5.50. The Balaban J connectivity index is 1.66. The van der Waals surface area contributed by atoms with Crippen LogP contribution in [0.4, 0.5) is 5.13 Å². The predicted octanol–water partition coefficient (Wildman–Crippen LogP) is 4.17. The van der Waals surface area contributed by atoms with Crippen LogP contribution in [-0.4, -0.2) is 27.9 Å². The van der Waals surface area contributed by atoms with E-state index in [-0.39, 0.29) is 28.3 Å². The minimum atomic E-state index is -0.254. The number of carbonyl (C=O) groups is 2. The quantitative estimate of drug-likeness (QED) is 0.823. The lowest BCUT2D eigenvalue weighted by Gasteiger charge is -2.26. The van der Waals surface area contributed by atoms with Gasteiger partial charge in [0, 0.05) is 23.8 Å². The van der Waals surface area contributed by atoms with E-state index in [9.17, 15) is 14.7 Å². The second-order valence-corrected chi connectivity index (χ2v) is 8.09. The van der Waals surface area contributed by atoms with E-state index in [4.69, 9.17) is 0 Å². The molecule has 0 unspecified atom stereocenters. The van der Waals surface area contributed by atoms with Crippen LogP contribution in [0.3, 0.4) is 0 Å². The topological polar surface area (TPSA) is 79.6 Å². The van der Waals surface area contributed by atoms with Crippen LogP contribution < -0.4 is 0 Å². The van der Waals surface area contributed by atoms with E-state index >= 15 is 0 Å². The number of Topliss-reactive ketones (excluding diaryl/α,β-unsaturated/α-hetero) is 2. The van der Waals surface area contributed by atoms with Gasteiger partial charge in [0.2, 0.25) is 5.13 Å². The van der Waals surface area contributed by atoms with Crippen molar-refractivity contribution in [2.45, 2.75) is 26.7 Å². The largest absolute Gasteiger partial charge is 0.506 e. The Labute approximate surface area is 148 Å². The van der Waals surface area contributed by atoms with Crippen molar-refractivity contribution < 1.29 is 14.7 Å². The first-order valence-electron chi connectivity index (χ1n) is 8.00. The summed E-state index contributed by atoms with van der Waals surface area (Å²) in [7, 11) is 0. The molecule has 126 valence electrons. The van der Waals surface area contributed by atoms with Crippen LogP contribution in [0.25, 0.3) is 5.76 Å². The average molecular weight is 352 g/mol. The Bertz CT molecular complexity index is 982. The van der Waals surface area contributed by atoms with Crippen LogP contribution >= 0.6 is 11.3 Å². The second-order valence-electron chi connectivity index (χ2n) is 7.11. The minimum absolute atomic E-state index is 0.0668. The molecule has 2 aliphatic carbocycles. The first kappa shape index (κ1) is 15.9. The molecule has 0 spiro atoms. The fourth-order valence-corrected chi connectivity index (χ4v) is 4.15. The lowest BCUT2D eigenvalue weighted by atomic mass is 9.78. The Morgan fingerprint density at radius 3 is 2.64 bits per heavy atom. The molecule has 2 aliphatic rings.